The summed E-state index contributed by atoms with van der Waals surface area (Å²) in [7, 11) is 1.63. The van der Waals surface area contributed by atoms with Gasteiger partial charge in [0.25, 0.3) is 0 Å². The number of hydrogen-bond acceptors (Lipinski definition) is 5. The molecule has 7 heteroatoms. The Bertz CT molecular complexity index is 762. The number of anilines is 1. The van der Waals surface area contributed by atoms with Gasteiger partial charge in [0.1, 0.15) is 5.75 Å². The molecule has 1 aromatic carbocycles. The molecule has 6 nitrogen and oxygen atoms in total. The minimum absolute atomic E-state index is 0.00197. The first kappa shape index (κ1) is 16.4. The van der Waals surface area contributed by atoms with Gasteiger partial charge >= 0.3 is 0 Å². The summed E-state index contributed by atoms with van der Waals surface area (Å²) in [6.07, 6.45) is 0.962. The van der Waals surface area contributed by atoms with Gasteiger partial charge in [-0.1, -0.05) is 11.6 Å². The number of amides is 2. The highest BCUT2D eigenvalue weighted by Gasteiger charge is 2.25. The van der Waals surface area contributed by atoms with Gasteiger partial charge in [0.15, 0.2) is 5.13 Å². The normalized spacial score (nSPS) is 17.2. The first-order valence-corrected chi connectivity index (χ1v) is 8.63. The zero-order valence-corrected chi connectivity index (χ0v) is 14.4. The number of carbonyl (C=O) groups excluding carboxylic acids is 2. The summed E-state index contributed by atoms with van der Waals surface area (Å²) < 4.78 is 5.39. The Labute approximate surface area is 144 Å². The molecule has 0 bridgehead atoms. The molecule has 2 N–H and O–H groups in total. The molecule has 1 atom stereocenters. The SMILES string of the molecule is COc1ccc(C)cc1-c1csc(NC(=O)C2CCC(=O)NC2)n1. The molecule has 0 spiro atoms. The zero-order chi connectivity index (χ0) is 17.1. The molecular weight excluding hydrogens is 326 g/mol. The van der Waals surface area contributed by atoms with Crippen LogP contribution in [0.2, 0.25) is 0 Å². The van der Waals surface area contributed by atoms with E-state index in [0.717, 1.165) is 22.6 Å². The fourth-order valence-corrected chi connectivity index (χ4v) is 3.35. The first-order chi connectivity index (χ1) is 11.6. The van der Waals surface area contributed by atoms with Crippen molar-refractivity contribution in [1.82, 2.24) is 10.3 Å². The molecule has 2 amide bonds. The van der Waals surface area contributed by atoms with Gasteiger partial charge in [-0.2, -0.15) is 0 Å². The van der Waals surface area contributed by atoms with Crippen molar-refractivity contribution >= 4 is 28.3 Å². The van der Waals surface area contributed by atoms with Gasteiger partial charge in [0, 0.05) is 23.9 Å². The monoisotopic (exact) mass is 345 g/mol. The minimum atomic E-state index is -0.205. The quantitative estimate of drug-likeness (QED) is 0.892. The second-order valence-corrected chi connectivity index (χ2v) is 6.63. The first-order valence-electron chi connectivity index (χ1n) is 7.75. The third kappa shape index (κ3) is 3.56. The van der Waals surface area contributed by atoms with Crippen molar-refractivity contribution < 1.29 is 14.3 Å². The van der Waals surface area contributed by atoms with Gasteiger partial charge in [0.2, 0.25) is 11.8 Å². The summed E-state index contributed by atoms with van der Waals surface area (Å²) in [5.41, 5.74) is 2.79. The molecule has 1 aliphatic rings. The lowest BCUT2D eigenvalue weighted by molar-refractivity contribution is -0.126. The number of aromatic nitrogens is 1. The van der Waals surface area contributed by atoms with E-state index in [-0.39, 0.29) is 17.7 Å². The van der Waals surface area contributed by atoms with Gasteiger partial charge in [-0.3, -0.25) is 9.59 Å². The van der Waals surface area contributed by atoms with Gasteiger partial charge in [0.05, 0.1) is 18.7 Å². The standard InChI is InChI=1S/C17H19N3O3S/c1-10-3-5-14(23-2)12(7-10)13-9-24-17(19-13)20-16(22)11-4-6-15(21)18-8-11/h3,5,7,9,11H,4,6,8H2,1-2H3,(H,18,21)(H,19,20,22). The van der Waals surface area contributed by atoms with Crippen molar-refractivity contribution in [2.24, 2.45) is 5.92 Å². The van der Waals surface area contributed by atoms with Crippen LogP contribution in [0.25, 0.3) is 11.3 Å². The predicted molar refractivity (Wildman–Crippen MR) is 93.2 cm³/mol. The van der Waals surface area contributed by atoms with Crippen LogP contribution in [0.3, 0.4) is 0 Å². The van der Waals surface area contributed by atoms with Crippen LogP contribution in [0.1, 0.15) is 18.4 Å². The molecule has 1 aliphatic heterocycles. The van der Waals surface area contributed by atoms with E-state index in [1.165, 1.54) is 11.3 Å². The zero-order valence-electron chi connectivity index (χ0n) is 13.6. The lowest BCUT2D eigenvalue weighted by Crippen LogP contribution is -2.40. The number of nitrogens with one attached hydrogen (secondary N) is 2. The van der Waals surface area contributed by atoms with Crippen LogP contribution in [0.4, 0.5) is 5.13 Å². The minimum Gasteiger partial charge on any atom is -0.496 e. The van der Waals surface area contributed by atoms with E-state index in [9.17, 15) is 9.59 Å². The Balaban J connectivity index is 1.73. The maximum Gasteiger partial charge on any atom is 0.231 e. The van der Waals surface area contributed by atoms with Crippen molar-refractivity contribution in [1.29, 1.82) is 0 Å². The summed E-state index contributed by atoms with van der Waals surface area (Å²) in [6.45, 7) is 2.39. The summed E-state index contributed by atoms with van der Waals surface area (Å²) in [6, 6.07) is 5.90. The van der Waals surface area contributed by atoms with E-state index < -0.39 is 0 Å². The Morgan fingerprint density at radius 3 is 3.00 bits per heavy atom. The van der Waals surface area contributed by atoms with E-state index >= 15 is 0 Å². The molecule has 1 fully saturated rings. The van der Waals surface area contributed by atoms with Crippen LogP contribution in [0.15, 0.2) is 23.6 Å². The molecule has 126 valence electrons. The second kappa shape index (κ2) is 7.00. The van der Waals surface area contributed by atoms with Gasteiger partial charge in [-0.25, -0.2) is 4.98 Å². The third-order valence-electron chi connectivity index (χ3n) is 4.00. The molecule has 1 saturated heterocycles. The fourth-order valence-electron chi connectivity index (χ4n) is 2.64. The highest BCUT2D eigenvalue weighted by Crippen LogP contribution is 2.33. The van der Waals surface area contributed by atoms with E-state index in [0.29, 0.717) is 24.5 Å². The Morgan fingerprint density at radius 1 is 1.46 bits per heavy atom. The lowest BCUT2D eigenvalue weighted by Gasteiger charge is -2.20. The second-order valence-electron chi connectivity index (χ2n) is 5.77. The van der Waals surface area contributed by atoms with Crippen LogP contribution in [0, 0.1) is 12.8 Å². The number of benzene rings is 1. The Kier molecular flexibility index (Phi) is 4.80. The number of hydrogen-bond donors (Lipinski definition) is 2. The molecule has 0 saturated carbocycles. The van der Waals surface area contributed by atoms with Gasteiger partial charge in [-0.15, -0.1) is 11.3 Å². The lowest BCUT2D eigenvalue weighted by atomic mass is 9.98. The number of nitrogens with zero attached hydrogens (tertiary/aromatic N) is 1. The molecule has 2 aromatic rings. The summed E-state index contributed by atoms with van der Waals surface area (Å²) in [5, 5.41) is 8.01. The van der Waals surface area contributed by atoms with Gasteiger partial charge < -0.3 is 15.4 Å². The van der Waals surface area contributed by atoms with Gasteiger partial charge in [-0.05, 0) is 25.5 Å². The number of methoxy groups -OCH3 is 1. The van der Waals surface area contributed by atoms with Crippen LogP contribution >= 0.6 is 11.3 Å². The largest absolute Gasteiger partial charge is 0.496 e. The number of aryl methyl sites for hydroxylation is 1. The molecule has 1 unspecified atom stereocenters. The topological polar surface area (TPSA) is 80.3 Å². The van der Waals surface area contributed by atoms with Crippen LogP contribution < -0.4 is 15.4 Å². The Hall–Kier alpha value is -2.41. The van der Waals surface area contributed by atoms with E-state index in [1.807, 2.05) is 30.5 Å². The van der Waals surface area contributed by atoms with Crippen molar-refractivity contribution in [3.8, 4) is 17.0 Å². The molecule has 0 aliphatic carbocycles. The summed E-state index contributed by atoms with van der Waals surface area (Å²) in [5.74, 6) is 0.441. The average Bonchev–Trinajstić information content (AvgIpc) is 3.03. The number of thiazole rings is 1. The number of rotatable bonds is 4. The van der Waals surface area contributed by atoms with E-state index in [2.05, 4.69) is 15.6 Å². The molecule has 0 radical (unpaired) electrons. The van der Waals surface area contributed by atoms with E-state index in [1.54, 1.807) is 7.11 Å². The smallest absolute Gasteiger partial charge is 0.231 e. The Morgan fingerprint density at radius 2 is 2.29 bits per heavy atom. The maximum atomic E-state index is 12.3. The third-order valence-corrected chi connectivity index (χ3v) is 4.76. The fraction of sp³-hybridized carbons (Fsp3) is 0.353. The summed E-state index contributed by atoms with van der Waals surface area (Å²) >= 11 is 1.38. The van der Waals surface area contributed by atoms with Crippen molar-refractivity contribution in [2.45, 2.75) is 19.8 Å². The number of carbonyl (C=O) groups is 2. The van der Waals surface area contributed by atoms with Crippen molar-refractivity contribution in [2.75, 3.05) is 19.0 Å². The maximum absolute atomic E-state index is 12.3. The van der Waals surface area contributed by atoms with Crippen LogP contribution in [0.5, 0.6) is 5.75 Å². The highest BCUT2D eigenvalue weighted by molar-refractivity contribution is 7.14. The van der Waals surface area contributed by atoms with Crippen molar-refractivity contribution in [3.05, 3.63) is 29.1 Å². The summed E-state index contributed by atoms with van der Waals surface area (Å²) in [4.78, 5) is 27.9. The van der Waals surface area contributed by atoms with Crippen molar-refractivity contribution in [3.63, 3.8) is 0 Å². The number of ether oxygens (including phenoxy) is 1. The van der Waals surface area contributed by atoms with E-state index in [4.69, 9.17) is 4.74 Å². The molecule has 24 heavy (non-hydrogen) atoms. The molecular formula is C17H19N3O3S. The number of piperidine rings is 1. The van der Waals surface area contributed by atoms with Crippen LogP contribution in [-0.4, -0.2) is 30.5 Å². The van der Waals surface area contributed by atoms with Crippen LogP contribution in [-0.2, 0) is 9.59 Å². The molecule has 3 rings (SSSR count). The molecule has 1 aromatic heterocycles. The average molecular weight is 345 g/mol. The highest BCUT2D eigenvalue weighted by atomic mass is 32.1. The molecule has 2 heterocycles. The predicted octanol–water partition coefficient (Wildman–Crippen LogP) is 2.59.